The number of rotatable bonds is 2. The second kappa shape index (κ2) is 4.60. The molecular formula is C8H14FNO6. The average Bonchev–Trinajstić information content (AvgIpc) is 2.29. The van der Waals surface area contributed by atoms with Crippen molar-refractivity contribution >= 4 is 5.91 Å². The summed E-state index contributed by atoms with van der Waals surface area (Å²) in [5.41, 5.74) is 0. The molecule has 0 aliphatic carbocycles. The van der Waals surface area contributed by atoms with Crippen molar-refractivity contribution in [1.82, 2.24) is 5.32 Å². The molecule has 0 spiro atoms. The van der Waals surface area contributed by atoms with Gasteiger partial charge in [-0.1, -0.05) is 0 Å². The Kier molecular flexibility index (Phi) is 3.36. The van der Waals surface area contributed by atoms with Crippen LogP contribution in [0.2, 0.25) is 0 Å². The average molecular weight is 240 g/mol. The third kappa shape index (κ3) is 2.30. The molecule has 7 nitrogen and oxygen atoms in total. The van der Waals surface area contributed by atoms with Crippen LogP contribution in [0.5, 0.6) is 0 Å². The molecular weight excluding hydrogens is 225 g/mol. The van der Waals surface area contributed by atoms with Crippen LogP contribution in [0.3, 0.4) is 0 Å². The lowest BCUT2D eigenvalue weighted by Crippen LogP contribution is -2.68. The largest absolute Gasteiger partial charge is 0.393 e. The van der Waals surface area contributed by atoms with Crippen LogP contribution in [-0.4, -0.2) is 63.3 Å². The molecule has 5 N–H and O–H groups in total. The van der Waals surface area contributed by atoms with Crippen molar-refractivity contribution in [3.8, 4) is 0 Å². The Morgan fingerprint density at radius 1 is 1.69 bits per heavy atom. The lowest BCUT2D eigenvalue weighted by molar-refractivity contribution is -0.333. The Hall–Kier alpha value is -0.800. The van der Waals surface area contributed by atoms with Gasteiger partial charge in [-0.25, -0.2) is 4.39 Å². The molecule has 8 heteroatoms. The van der Waals surface area contributed by atoms with Crippen LogP contribution >= 0.6 is 0 Å². The lowest BCUT2D eigenvalue weighted by Gasteiger charge is -2.43. The molecule has 5 atom stereocenters. The highest BCUT2D eigenvalue weighted by molar-refractivity contribution is 5.73. The fourth-order valence-electron chi connectivity index (χ4n) is 1.45. The number of aliphatic hydroxyl groups excluding tert-OH is 3. The molecule has 1 heterocycles. The van der Waals surface area contributed by atoms with Gasteiger partial charge in [0, 0.05) is 8.27 Å². The first-order valence-corrected chi connectivity index (χ1v) is 4.47. The van der Waals surface area contributed by atoms with Gasteiger partial charge >= 0.3 is 0 Å². The SMILES string of the molecule is [2H]CC(=O)N[C@H]1C(O)O[C@H](CO)[C@](O)(F)[C@@H]1O. The van der Waals surface area contributed by atoms with E-state index in [0.717, 1.165) is 0 Å². The van der Waals surface area contributed by atoms with Crippen LogP contribution in [0, 0.1) is 0 Å². The van der Waals surface area contributed by atoms with Crippen molar-refractivity contribution in [2.75, 3.05) is 6.61 Å². The normalized spacial score (nSPS) is 44.9. The minimum Gasteiger partial charge on any atom is -0.393 e. The highest BCUT2D eigenvalue weighted by Crippen LogP contribution is 2.30. The highest BCUT2D eigenvalue weighted by atomic mass is 19.2. The molecule has 0 radical (unpaired) electrons. The summed E-state index contributed by atoms with van der Waals surface area (Å²) in [6.45, 7) is -1.65. The number of alkyl halides is 1. The minimum absolute atomic E-state index is 0.690. The molecule has 0 aromatic heterocycles. The Balaban J connectivity index is 2.83. The van der Waals surface area contributed by atoms with Crippen LogP contribution in [0.15, 0.2) is 0 Å². The number of nitrogens with one attached hydrogen (secondary N) is 1. The minimum atomic E-state index is -3.31. The zero-order valence-electron chi connectivity index (χ0n) is 9.21. The predicted molar refractivity (Wildman–Crippen MR) is 47.6 cm³/mol. The zero-order chi connectivity index (χ0) is 13.2. The van der Waals surface area contributed by atoms with E-state index in [-0.39, 0.29) is 0 Å². The maximum Gasteiger partial charge on any atom is 0.263 e. The van der Waals surface area contributed by atoms with Crippen LogP contribution in [-0.2, 0) is 9.53 Å². The number of aliphatic hydroxyl groups is 4. The van der Waals surface area contributed by atoms with Crippen LogP contribution in [0.4, 0.5) is 4.39 Å². The molecule has 1 unspecified atom stereocenters. The van der Waals surface area contributed by atoms with Gasteiger partial charge in [-0.05, 0) is 0 Å². The number of hydrogen-bond donors (Lipinski definition) is 5. The second-order valence-electron chi connectivity index (χ2n) is 3.46. The van der Waals surface area contributed by atoms with Gasteiger partial charge < -0.3 is 30.5 Å². The van der Waals surface area contributed by atoms with E-state index in [0.29, 0.717) is 0 Å². The third-order valence-electron chi connectivity index (χ3n) is 2.31. The standard InChI is InChI=1S/C8H14FNO6/c1-3(12)10-5-6(13)8(9,15)4(2-11)16-7(5)14/h4-7,11,13-15H,2H2,1H3,(H,10,12)/t4-,5-,6-,7?,8-/m1/s1/i1D. The number of amides is 1. The fourth-order valence-corrected chi connectivity index (χ4v) is 1.45. The summed E-state index contributed by atoms with van der Waals surface area (Å²) in [6.07, 6.45) is -5.80. The molecule has 0 bridgehead atoms. The van der Waals surface area contributed by atoms with Crippen LogP contribution in [0.25, 0.3) is 0 Å². The molecule has 1 aliphatic heterocycles. The molecule has 94 valence electrons. The van der Waals surface area contributed by atoms with Gasteiger partial charge in [-0.15, -0.1) is 0 Å². The number of halogens is 1. The van der Waals surface area contributed by atoms with E-state index in [4.69, 9.17) is 6.48 Å². The van der Waals surface area contributed by atoms with Crippen molar-refractivity contribution < 1.29 is 35.7 Å². The third-order valence-corrected chi connectivity index (χ3v) is 2.31. The van der Waals surface area contributed by atoms with Gasteiger partial charge in [-0.2, -0.15) is 0 Å². The van der Waals surface area contributed by atoms with Gasteiger partial charge in [0.05, 0.1) is 6.61 Å². The molecule has 0 aromatic rings. The topological polar surface area (TPSA) is 119 Å². The predicted octanol–water partition coefficient (Wildman–Crippen LogP) is -2.78. The zero-order valence-corrected chi connectivity index (χ0v) is 8.21. The lowest BCUT2D eigenvalue weighted by atomic mass is 9.94. The van der Waals surface area contributed by atoms with Gasteiger partial charge in [0.25, 0.3) is 5.85 Å². The summed E-state index contributed by atoms with van der Waals surface area (Å²) in [6, 6.07) is -1.62. The summed E-state index contributed by atoms with van der Waals surface area (Å²) < 4.78 is 24.9. The molecule has 0 saturated carbocycles. The van der Waals surface area contributed by atoms with Crippen LogP contribution < -0.4 is 5.32 Å². The summed E-state index contributed by atoms with van der Waals surface area (Å²) in [5, 5.41) is 38.7. The Bertz CT molecular complexity index is 291. The van der Waals surface area contributed by atoms with E-state index >= 15 is 0 Å². The van der Waals surface area contributed by atoms with E-state index in [1.54, 1.807) is 0 Å². The summed E-state index contributed by atoms with van der Waals surface area (Å²) >= 11 is 0. The van der Waals surface area contributed by atoms with Crippen molar-refractivity contribution in [3.63, 3.8) is 0 Å². The molecule has 0 aromatic carbocycles. The fraction of sp³-hybridized carbons (Fsp3) is 0.875. The van der Waals surface area contributed by atoms with Gasteiger partial charge in [0.1, 0.15) is 18.2 Å². The van der Waals surface area contributed by atoms with E-state index in [1.807, 2.05) is 5.32 Å². The van der Waals surface area contributed by atoms with Gasteiger partial charge in [-0.3, -0.25) is 4.79 Å². The molecule has 1 aliphatic rings. The smallest absolute Gasteiger partial charge is 0.263 e. The van der Waals surface area contributed by atoms with Gasteiger partial charge in [0.2, 0.25) is 5.91 Å². The van der Waals surface area contributed by atoms with E-state index in [2.05, 4.69) is 4.74 Å². The Labute approximate surface area is 91.9 Å². The maximum absolute atomic E-state index is 13.6. The Morgan fingerprint density at radius 3 is 2.81 bits per heavy atom. The second-order valence-corrected chi connectivity index (χ2v) is 3.46. The van der Waals surface area contributed by atoms with Gasteiger partial charge in [0.15, 0.2) is 6.29 Å². The molecule has 1 saturated heterocycles. The number of ether oxygens (including phenoxy) is 1. The van der Waals surface area contributed by atoms with E-state index in [1.165, 1.54) is 0 Å². The first-order chi connectivity index (χ1) is 7.84. The van der Waals surface area contributed by atoms with E-state index < -0.39 is 49.8 Å². The molecule has 1 fully saturated rings. The van der Waals surface area contributed by atoms with Crippen molar-refractivity contribution in [1.29, 1.82) is 0 Å². The highest BCUT2D eigenvalue weighted by Gasteiger charge is 2.55. The maximum atomic E-state index is 13.6. The first-order valence-electron chi connectivity index (χ1n) is 5.17. The Morgan fingerprint density at radius 2 is 2.31 bits per heavy atom. The van der Waals surface area contributed by atoms with Crippen molar-refractivity contribution in [3.05, 3.63) is 0 Å². The van der Waals surface area contributed by atoms with Crippen molar-refractivity contribution in [2.24, 2.45) is 0 Å². The monoisotopic (exact) mass is 240 g/mol. The first kappa shape index (κ1) is 11.7. The van der Waals surface area contributed by atoms with Crippen LogP contribution in [0.1, 0.15) is 8.27 Å². The quantitative estimate of drug-likeness (QED) is 0.356. The number of carbonyl (C=O) groups excluding carboxylic acids is 1. The van der Waals surface area contributed by atoms with E-state index in [9.17, 15) is 24.5 Å². The summed E-state index contributed by atoms with van der Waals surface area (Å²) in [7, 11) is 0. The molecule has 1 amide bonds. The molecule has 1 rings (SSSR count). The summed E-state index contributed by atoms with van der Waals surface area (Å²) in [4.78, 5) is 10.9. The molecule has 16 heavy (non-hydrogen) atoms. The number of hydrogen-bond acceptors (Lipinski definition) is 6. The van der Waals surface area contributed by atoms with Crippen molar-refractivity contribution in [2.45, 2.75) is 37.3 Å². The number of carbonyl (C=O) groups is 1. The summed E-state index contributed by atoms with van der Waals surface area (Å²) in [5.74, 6) is -4.19.